The molecule has 3 amide bonds. The SMILES string of the molecule is C=C(C)NC(=N[C@H](C(=O)N1C[C@H](Oc2ccc(Cl)cn2)C[C@H]1C(=O)NC(CC1CCC1)C(=O)C(N)=O)C(C)(C)C)NC#N. The van der Waals surface area contributed by atoms with Gasteiger partial charge < -0.3 is 26.0 Å². The largest absolute Gasteiger partial charge is 0.472 e. The summed E-state index contributed by atoms with van der Waals surface area (Å²) in [5.74, 6) is -2.67. The number of aromatic nitrogens is 1. The van der Waals surface area contributed by atoms with Gasteiger partial charge in [-0.15, -0.1) is 0 Å². The van der Waals surface area contributed by atoms with Gasteiger partial charge in [0.1, 0.15) is 18.2 Å². The fourth-order valence-corrected chi connectivity index (χ4v) is 5.08. The van der Waals surface area contributed by atoms with Crippen LogP contribution >= 0.6 is 11.6 Å². The zero-order valence-corrected chi connectivity index (χ0v) is 25.6. The number of guanidine groups is 1. The number of hydrogen-bond donors (Lipinski definition) is 4. The molecule has 43 heavy (non-hydrogen) atoms. The van der Waals surface area contributed by atoms with Gasteiger partial charge in [-0.2, -0.15) is 5.26 Å². The monoisotopic (exact) mass is 614 g/mol. The van der Waals surface area contributed by atoms with Crippen LogP contribution in [0.4, 0.5) is 0 Å². The van der Waals surface area contributed by atoms with Gasteiger partial charge in [0.2, 0.25) is 29.4 Å². The topological polar surface area (TPSA) is 192 Å². The van der Waals surface area contributed by atoms with Gasteiger partial charge in [0.05, 0.1) is 17.6 Å². The lowest BCUT2D eigenvalue weighted by atomic mass is 9.80. The van der Waals surface area contributed by atoms with Crippen LogP contribution in [0.2, 0.25) is 5.02 Å². The Bertz CT molecular complexity index is 1300. The van der Waals surface area contributed by atoms with Gasteiger partial charge in [0, 0.05) is 24.4 Å². The number of halogens is 1. The smallest absolute Gasteiger partial charge is 0.287 e. The third-order valence-electron chi connectivity index (χ3n) is 7.32. The molecule has 1 saturated heterocycles. The maximum Gasteiger partial charge on any atom is 0.287 e. The van der Waals surface area contributed by atoms with Crippen molar-refractivity contribution in [3.63, 3.8) is 0 Å². The van der Waals surface area contributed by atoms with Gasteiger partial charge in [-0.05, 0) is 30.7 Å². The summed E-state index contributed by atoms with van der Waals surface area (Å²) < 4.78 is 6.01. The quantitative estimate of drug-likeness (QED) is 0.0945. The molecule has 1 unspecified atom stereocenters. The van der Waals surface area contributed by atoms with Crippen molar-refractivity contribution >= 4 is 41.1 Å². The number of amides is 3. The highest BCUT2D eigenvalue weighted by Gasteiger charge is 2.46. The molecule has 1 aromatic rings. The molecule has 2 aliphatic rings. The number of nitrogens with two attached hydrogens (primary N) is 1. The molecule has 5 N–H and O–H groups in total. The van der Waals surface area contributed by atoms with Crippen molar-refractivity contribution < 1.29 is 23.9 Å². The van der Waals surface area contributed by atoms with E-state index in [0.29, 0.717) is 10.7 Å². The molecule has 2 heterocycles. The van der Waals surface area contributed by atoms with Crippen LogP contribution in [0, 0.1) is 22.8 Å². The summed E-state index contributed by atoms with van der Waals surface area (Å²) in [6.07, 6.45) is 5.72. The number of pyridine rings is 1. The average molecular weight is 615 g/mol. The molecule has 1 saturated carbocycles. The summed E-state index contributed by atoms with van der Waals surface area (Å²) in [4.78, 5) is 62.4. The molecule has 13 nitrogen and oxygen atoms in total. The van der Waals surface area contributed by atoms with Crippen molar-refractivity contribution in [3.8, 4) is 12.1 Å². The van der Waals surface area contributed by atoms with E-state index < -0.39 is 53.1 Å². The van der Waals surface area contributed by atoms with E-state index in [1.807, 2.05) is 0 Å². The molecule has 1 aromatic heterocycles. The molecule has 1 aliphatic heterocycles. The van der Waals surface area contributed by atoms with Gasteiger partial charge in [-0.3, -0.25) is 24.5 Å². The van der Waals surface area contributed by atoms with Crippen LogP contribution in [-0.2, 0) is 19.2 Å². The summed E-state index contributed by atoms with van der Waals surface area (Å²) in [7, 11) is 0. The Hall–Kier alpha value is -4.18. The molecule has 1 aliphatic carbocycles. The molecule has 232 valence electrons. The number of rotatable bonds is 11. The maximum absolute atomic E-state index is 14.2. The van der Waals surface area contributed by atoms with Crippen LogP contribution in [0.1, 0.15) is 59.8 Å². The molecule has 0 aromatic carbocycles. The van der Waals surface area contributed by atoms with Gasteiger partial charge in [-0.1, -0.05) is 58.2 Å². The summed E-state index contributed by atoms with van der Waals surface area (Å²) in [6.45, 7) is 10.9. The molecular weight excluding hydrogens is 576 g/mol. The second-order valence-electron chi connectivity index (χ2n) is 12.0. The van der Waals surface area contributed by atoms with Crippen molar-refractivity contribution in [1.29, 1.82) is 5.26 Å². The predicted molar refractivity (Wildman–Crippen MR) is 159 cm³/mol. The summed E-state index contributed by atoms with van der Waals surface area (Å²) >= 11 is 5.94. The van der Waals surface area contributed by atoms with Crippen LogP contribution in [0.5, 0.6) is 5.88 Å². The zero-order valence-electron chi connectivity index (χ0n) is 24.9. The zero-order chi connectivity index (χ0) is 31.9. The molecule has 3 rings (SSSR count). The van der Waals surface area contributed by atoms with Crippen LogP contribution in [0.25, 0.3) is 0 Å². The average Bonchev–Trinajstić information content (AvgIpc) is 3.32. The fraction of sp³-hybridized carbons (Fsp3) is 0.552. The first-order chi connectivity index (χ1) is 20.2. The number of allylic oxidation sites excluding steroid dienone is 1. The summed E-state index contributed by atoms with van der Waals surface area (Å²) in [5, 5.41) is 17.6. The van der Waals surface area contributed by atoms with E-state index in [9.17, 15) is 24.4 Å². The maximum atomic E-state index is 14.2. The normalized spacial score (nSPS) is 20.2. The van der Waals surface area contributed by atoms with Crippen LogP contribution in [0.15, 0.2) is 35.6 Å². The first-order valence-electron chi connectivity index (χ1n) is 14.1. The Kier molecular flexibility index (Phi) is 11.1. The van der Waals surface area contributed by atoms with E-state index in [1.165, 1.54) is 11.1 Å². The Labute approximate surface area is 256 Å². The first-order valence-corrected chi connectivity index (χ1v) is 14.5. The van der Waals surface area contributed by atoms with Gasteiger partial charge in [0.15, 0.2) is 6.19 Å². The lowest BCUT2D eigenvalue weighted by Crippen LogP contribution is -2.55. The van der Waals surface area contributed by atoms with Crippen molar-refractivity contribution in [2.45, 2.75) is 84.0 Å². The number of aliphatic imine (C=N–C) groups is 1. The molecule has 4 atom stereocenters. The number of ether oxygens (including phenoxy) is 1. The highest BCUT2D eigenvalue weighted by Crippen LogP contribution is 2.32. The predicted octanol–water partition coefficient (Wildman–Crippen LogP) is 1.78. The Morgan fingerprint density at radius 3 is 2.51 bits per heavy atom. The molecule has 0 radical (unpaired) electrons. The van der Waals surface area contributed by atoms with Gasteiger partial charge >= 0.3 is 0 Å². The highest BCUT2D eigenvalue weighted by atomic mass is 35.5. The number of Topliss-reactive ketones (excluding diaryl/α,β-unsaturated/α-hetero) is 1. The van der Waals surface area contributed by atoms with Crippen molar-refractivity contribution in [3.05, 3.63) is 35.6 Å². The Morgan fingerprint density at radius 1 is 1.30 bits per heavy atom. The summed E-state index contributed by atoms with van der Waals surface area (Å²) in [5.41, 5.74) is 5.03. The number of carbonyl (C=O) groups is 4. The van der Waals surface area contributed by atoms with Gasteiger partial charge in [0.25, 0.3) is 5.91 Å². The first kappa shape index (κ1) is 33.3. The van der Waals surface area contributed by atoms with Crippen molar-refractivity contribution in [1.82, 2.24) is 25.8 Å². The minimum Gasteiger partial charge on any atom is -0.472 e. The van der Waals surface area contributed by atoms with Crippen LogP contribution in [-0.4, -0.2) is 70.1 Å². The minimum absolute atomic E-state index is 0.00924. The Balaban J connectivity index is 1.94. The number of primary amides is 1. The lowest BCUT2D eigenvalue weighted by Gasteiger charge is -2.34. The molecule has 0 spiro atoms. The van der Waals surface area contributed by atoms with Crippen LogP contribution in [0.3, 0.4) is 0 Å². The third kappa shape index (κ3) is 9.15. The van der Waals surface area contributed by atoms with Crippen LogP contribution < -0.4 is 26.4 Å². The molecule has 0 bridgehead atoms. The number of likely N-dealkylation sites (tertiary alicyclic amines) is 1. The number of carbonyl (C=O) groups excluding carboxylic acids is 4. The second-order valence-corrected chi connectivity index (χ2v) is 12.4. The van der Waals surface area contributed by atoms with E-state index >= 15 is 0 Å². The van der Waals surface area contributed by atoms with E-state index in [0.717, 1.165) is 19.3 Å². The van der Waals surface area contributed by atoms with Crippen molar-refractivity contribution in [2.24, 2.45) is 22.1 Å². The van der Waals surface area contributed by atoms with Crippen molar-refractivity contribution in [2.75, 3.05) is 6.54 Å². The summed E-state index contributed by atoms with van der Waals surface area (Å²) in [6, 6.07) is -0.0256. The third-order valence-corrected chi connectivity index (χ3v) is 7.55. The molecular formula is C29H39ClN8O5. The number of nitriles is 1. The highest BCUT2D eigenvalue weighted by molar-refractivity contribution is 6.37. The molecule has 2 fully saturated rings. The lowest BCUT2D eigenvalue weighted by molar-refractivity contribution is -0.143. The van der Waals surface area contributed by atoms with E-state index in [4.69, 9.17) is 22.1 Å². The standard InChI is InChI=1S/C29H39ClN8O5/c1-16(2)35-28(34-15-31)37-24(29(3,4)5)27(42)38-14-19(43-22-10-9-18(30)13-33-22)12-21(38)26(41)36-20(23(39)25(32)40)11-17-7-6-8-17/h9-10,13,17,19-21,24H,1,6-8,11-12,14H2,2-5H3,(H2,32,40)(H,36,41)(H2,34,35,37)/t19-,20?,21+,24-/m1/s1. The number of hydrogen-bond acceptors (Lipinski definition) is 8. The Morgan fingerprint density at radius 2 is 2.00 bits per heavy atom. The molecule has 14 heteroatoms. The minimum atomic E-state index is -1.14. The number of nitrogens with one attached hydrogen (secondary N) is 3. The van der Waals surface area contributed by atoms with Gasteiger partial charge in [-0.25, -0.2) is 9.98 Å². The van der Waals surface area contributed by atoms with E-state index in [2.05, 4.69) is 32.5 Å². The van der Waals surface area contributed by atoms with E-state index in [-0.39, 0.29) is 37.1 Å². The number of nitrogens with zero attached hydrogens (tertiary/aromatic N) is 4. The number of ketones is 1. The van der Waals surface area contributed by atoms with E-state index in [1.54, 1.807) is 46.0 Å². The second kappa shape index (κ2) is 14.3. The fourth-order valence-electron chi connectivity index (χ4n) is 4.97.